The lowest BCUT2D eigenvalue weighted by Gasteiger charge is -2.15. The summed E-state index contributed by atoms with van der Waals surface area (Å²) < 4.78 is 0. The standard InChI is InChI=1S/C10H20N4O3.CH4O/c1-7(15)13-6-9(16)14-8(10(12)17)4-2-3-5-11;1-2/h8H,2-6,11H2,1H3,(H2,12,17)(H,13,15)(H,14,16);2H,1H3. The minimum atomic E-state index is -0.706. The zero-order valence-corrected chi connectivity index (χ0v) is 11.4. The molecule has 1 unspecified atom stereocenters. The average molecular weight is 276 g/mol. The Kier molecular flexibility index (Phi) is 13.2. The molecule has 0 aliphatic rings. The monoisotopic (exact) mass is 276 g/mol. The van der Waals surface area contributed by atoms with Crippen molar-refractivity contribution in [1.29, 1.82) is 0 Å². The van der Waals surface area contributed by atoms with Gasteiger partial charge >= 0.3 is 0 Å². The number of nitrogens with one attached hydrogen (secondary N) is 2. The van der Waals surface area contributed by atoms with E-state index in [-0.39, 0.29) is 12.5 Å². The number of hydrogen-bond acceptors (Lipinski definition) is 5. The molecule has 0 aromatic carbocycles. The molecule has 0 spiro atoms. The van der Waals surface area contributed by atoms with E-state index < -0.39 is 17.9 Å². The van der Waals surface area contributed by atoms with Crippen molar-refractivity contribution in [2.24, 2.45) is 11.5 Å². The number of aliphatic hydroxyl groups is 1. The Hall–Kier alpha value is -1.67. The highest BCUT2D eigenvalue weighted by Crippen LogP contribution is 1.99. The molecule has 0 aliphatic heterocycles. The van der Waals surface area contributed by atoms with Crippen molar-refractivity contribution in [3.8, 4) is 0 Å². The first-order chi connectivity index (χ1) is 8.97. The van der Waals surface area contributed by atoms with E-state index >= 15 is 0 Å². The van der Waals surface area contributed by atoms with Crippen molar-refractivity contribution in [2.45, 2.75) is 32.2 Å². The third-order valence-electron chi connectivity index (χ3n) is 2.12. The van der Waals surface area contributed by atoms with E-state index in [1.54, 1.807) is 0 Å². The van der Waals surface area contributed by atoms with E-state index in [2.05, 4.69) is 10.6 Å². The highest BCUT2D eigenvalue weighted by atomic mass is 16.2. The van der Waals surface area contributed by atoms with E-state index in [0.29, 0.717) is 19.4 Å². The quantitative estimate of drug-likeness (QED) is 0.320. The van der Waals surface area contributed by atoms with Crippen LogP contribution in [0, 0.1) is 0 Å². The molecule has 7 N–H and O–H groups in total. The molecular weight excluding hydrogens is 252 g/mol. The smallest absolute Gasteiger partial charge is 0.240 e. The highest BCUT2D eigenvalue weighted by molar-refractivity contribution is 5.89. The number of rotatable bonds is 8. The first-order valence-electron chi connectivity index (χ1n) is 5.95. The predicted molar refractivity (Wildman–Crippen MR) is 70.9 cm³/mol. The van der Waals surface area contributed by atoms with Gasteiger partial charge in [-0.1, -0.05) is 0 Å². The highest BCUT2D eigenvalue weighted by Gasteiger charge is 2.17. The van der Waals surface area contributed by atoms with Gasteiger partial charge in [0.25, 0.3) is 0 Å². The summed E-state index contributed by atoms with van der Waals surface area (Å²) in [5.74, 6) is -1.33. The molecule has 0 fully saturated rings. The molecule has 8 nitrogen and oxygen atoms in total. The zero-order valence-electron chi connectivity index (χ0n) is 11.4. The molecule has 0 bridgehead atoms. The second-order valence-electron chi connectivity index (χ2n) is 3.72. The third kappa shape index (κ3) is 12.6. The normalized spacial score (nSPS) is 10.7. The Balaban J connectivity index is 0. The largest absolute Gasteiger partial charge is 0.400 e. The predicted octanol–water partition coefficient (Wildman–Crippen LogP) is -2.17. The molecular formula is C11H24N4O4. The lowest BCUT2D eigenvalue weighted by atomic mass is 10.1. The maximum atomic E-state index is 11.3. The van der Waals surface area contributed by atoms with Gasteiger partial charge in [0.1, 0.15) is 6.04 Å². The van der Waals surface area contributed by atoms with Crippen LogP contribution in [0.4, 0.5) is 0 Å². The number of aliphatic hydroxyl groups excluding tert-OH is 1. The summed E-state index contributed by atoms with van der Waals surface area (Å²) in [4.78, 5) is 33.0. The number of unbranched alkanes of at least 4 members (excludes halogenated alkanes) is 1. The van der Waals surface area contributed by atoms with E-state index in [1.807, 2.05) is 0 Å². The van der Waals surface area contributed by atoms with Gasteiger partial charge in [-0.3, -0.25) is 14.4 Å². The van der Waals surface area contributed by atoms with Gasteiger partial charge < -0.3 is 27.2 Å². The van der Waals surface area contributed by atoms with Crippen molar-refractivity contribution in [3.63, 3.8) is 0 Å². The number of hydrogen-bond donors (Lipinski definition) is 5. The Morgan fingerprint density at radius 2 is 1.79 bits per heavy atom. The zero-order chi connectivity index (χ0) is 15.3. The van der Waals surface area contributed by atoms with Crippen LogP contribution in [0.1, 0.15) is 26.2 Å². The van der Waals surface area contributed by atoms with Gasteiger partial charge in [0.2, 0.25) is 17.7 Å². The summed E-state index contributed by atoms with van der Waals surface area (Å²) in [6.07, 6.45) is 1.94. The molecule has 0 saturated carbocycles. The fourth-order valence-corrected chi connectivity index (χ4v) is 1.23. The third-order valence-corrected chi connectivity index (χ3v) is 2.12. The lowest BCUT2D eigenvalue weighted by Crippen LogP contribution is -2.47. The molecule has 0 heterocycles. The second kappa shape index (κ2) is 12.8. The van der Waals surface area contributed by atoms with Crippen LogP contribution in [0.3, 0.4) is 0 Å². The summed E-state index contributed by atoms with van der Waals surface area (Å²) >= 11 is 0. The Morgan fingerprint density at radius 3 is 2.21 bits per heavy atom. The van der Waals surface area contributed by atoms with Crippen LogP contribution < -0.4 is 22.1 Å². The molecule has 0 aliphatic carbocycles. The first kappa shape index (κ1) is 19.7. The van der Waals surface area contributed by atoms with Crippen LogP contribution in [0.25, 0.3) is 0 Å². The minimum Gasteiger partial charge on any atom is -0.400 e. The van der Waals surface area contributed by atoms with Gasteiger partial charge in [0.15, 0.2) is 0 Å². The van der Waals surface area contributed by atoms with Crippen molar-refractivity contribution in [1.82, 2.24) is 10.6 Å². The van der Waals surface area contributed by atoms with Gasteiger partial charge in [-0.15, -0.1) is 0 Å². The topological polar surface area (TPSA) is 148 Å². The lowest BCUT2D eigenvalue weighted by molar-refractivity contribution is -0.128. The van der Waals surface area contributed by atoms with E-state index in [1.165, 1.54) is 6.92 Å². The Labute approximate surface area is 112 Å². The molecule has 19 heavy (non-hydrogen) atoms. The van der Waals surface area contributed by atoms with Gasteiger partial charge in [0, 0.05) is 14.0 Å². The second-order valence-corrected chi connectivity index (χ2v) is 3.72. The van der Waals surface area contributed by atoms with Crippen LogP contribution in [0.5, 0.6) is 0 Å². The van der Waals surface area contributed by atoms with Crippen LogP contribution in [0.15, 0.2) is 0 Å². The minimum absolute atomic E-state index is 0.157. The molecule has 0 aromatic heterocycles. The molecule has 0 aromatic rings. The van der Waals surface area contributed by atoms with Crippen LogP contribution >= 0.6 is 0 Å². The average Bonchev–Trinajstić information content (AvgIpc) is 2.37. The van der Waals surface area contributed by atoms with Gasteiger partial charge in [-0.25, -0.2) is 0 Å². The molecule has 1 atom stereocenters. The fourth-order valence-electron chi connectivity index (χ4n) is 1.23. The van der Waals surface area contributed by atoms with Gasteiger partial charge in [0.05, 0.1) is 6.54 Å². The van der Waals surface area contributed by atoms with Gasteiger partial charge in [-0.05, 0) is 25.8 Å². The summed E-state index contributed by atoms with van der Waals surface area (Å²) in [7, 11) is 1.00. The number of nitrogens with two attached hydrogens (primary N) is 2. The molecule has 3 amide bonds. The number of carbonyl (C=O) groups excluding carboxylic acids is 3. The maximum Gasteiger partial charge on any atom is 0.240 e. The van der Waals surface area contributed by atoms with Crippen LogP contribution in [0.2, 0.25) is 0 Å². The molecule has 0 radical (unpaired) electrons. The van der Waals surface area contributed by atoms with Crippen molar-refractivity contribution in [3.05, 3.63) is 0 Å². The fraction of sp³-hybridized carbons (Fsp3) is 0.727. The first-order valence-corrected chi connectivity index (χ1v) is 5.95. The van der Waals surface area contributed by atoms with Crippen LogP contribution in [-0.2, 0) is 14.4 Å². The molecule has 112 valence electrons. The Bertz CT molecular complexity index is 284. The number of primary amides is 1. The maximum absolute atomic E-state index is 11.3. The van der Waals surface area contributed by atoms with Crippen molar-refractivity contribution in [2.75, 3.05) is 20.2 Å². The molecule has 8 heteroatoms. The number of amides is 3. The molecule has 0 saturated heterocycles. The Morgan fingerprint density at radius 1 is 1.21 bits per heavy atom. The van der Waals surface area contributed by atoms with E-state index in [9.17, 15) is 14.4 Å². The van der Waals surface area contributed by atoms with E-state index in [4.69, 9.17) is 16.6 Å². The number of carbonyl (C=O) groups is 3. The summed E-state index contributed by atoms with van der Waals surface area (Å²) in [5, 5.41) is 11.8. The molecule has 0 rings (SSSR count). The van der Waals surface area contributed by atoms with Gasteiger partial charge in [-0.2, -0.15) is 0 Å². The SMILES string of the molecule is CC(=O)NCC(=O)NC(CCCCN)C(N)=O.CO. The summed E-state index contributed by atoms with van der Waals surface area (Å²) in [6.45, 7) is 1.68. The van der Waals surface area contributed by atoms with E-state index in [0.717, 1.165) is 13.5 Å². The summed E-state index contributed by atoms with van der Waals surface area (Å²) in [5.41, 5.74) is 10.5. The summed E-state index contributed by atoms with van der Waals surface area (Å²) in [6, 6.07) is -0.706. The van der Waals surface area contributed by atoms with Crippen LogP contribution in [-0.4, -0.2) is 49.1 Å². The van der Waals surface area contributed by atoms with Crippen molar-refractivity contribution < 1.29 is 19.5 Å². The van der Waals surface area contributed by atoms with Crippen molar-refractivity contribution >= 4 is 17.7 Å².